The zero-order valence-electron chi connectivity index (χ0n) is 12.3. The molecule has 0 bridgehead atoms. The SMILES string of the molecule is Cn1c(COc2ccccc2)nn(C[NH+]2CCCC2)c1=S. The van der Waals surface area contributed by atoms with Gasteiger partial charge in [0.15, 0.2) is 12.5 Å². The first-order valence-corrected chi connectivity index (χ1v) is 7.79. The molecule has 112 valence electrons. The molecule has 1 fully saturated rings. The highest BCUT2D eigenvalue weighted by Gasteiger charge is 2.18. The van der Waals surface area contributed by atoms with Crippen molar-refractivity contribution in [2.24, 2.45) is 7.05 Å². The highest BCUT2D eigenvalue weighted by molar-refractivity contribution is 7.71. The lowest BCUT2D eigenvalue weighted by Crippen LogP contribution is -3.09. The van der Waals surface area contributed by atoms with E-state index in [1.807, 2.05) is 46.6 Å². The van der Waals surface area contributed by atoms with Gasteiger partial charge in [-0.1, -0.05) is 18.2 Å². The molecule has 3 rings (SSSR count). The van der Waals surface area contributed by atoms with Crippen LogP contribution in [-0.2, 0) is 20.3 Å². The van der Waals surface area contributed by atoms with E-state index >= 15 is 0 Å². The summed E-state index contributed by atoms with van der Waals surface area (Å²) in [6.45, 7) is 3.73. The molecule has 0 unspecified atom stereocenters. The lowest BCUT2D eigenvalue weighted by atomic mass is 10.3. The van der Waals surface area contributed by atoms with Crippen LogP contribution in [0.1, 0.15) is 18.7 Å². The Hall–Kier alpha value is -1.66. The van der Waals surface area contributed by atoms with Crippen molar-refractivity contribution < 1.29 is 9.64 Å². The summed E-state index contributed by atoms with van der Waals surface area (Å²) in [7, 11) is 1.95. The van der Waals surface area contributed by atoms with Crippen molar-refractivity contribution in [3.8, 4) is 5.75 Å². The molecule has 0 spiro atoms. The predicted molar refractivity (Wildman–Crippen MR) is 82.7 cm³/mol. The van der Waals surface area contributed by atoms with Crippen LogP contribution < -0.4 is 9.64 Å². The largest absolute Gasteiger partial charge is 0.486 e. The molecule has 6 heteroatoms. The van der Waals surface area contributed by atoms with E-state index in [4.69, 9.17) is 17.0 Å². The predicted octanol–water partition coefficient (Wildman–Crippen LogP) is 1.17. The molecule has 1 aliphatic heterocycles. The third-order valence-corrected chi connectivity index (χ3v) is 4.41. The van der Waals surface area contributed by atoms with Crippen molar-refractivity contribution in [2.45, 2.75) is 26.1 Å². The number of nitrogens with zero attached hydrogens (tertiary/aromatic N) is 3. The van der Waals surface area contributed by atoms with Crippen LogP contribution in [-0.4, -0.2) is 27.4 Å². The molecular weight excluding hydrogens is 284 g/mol. The van der Waals surface area contributed by atoms with E-state index in [9.17, 15) is 0 Å². The molecule has 0 amide bonds. The first kappa shape index (κ1) is 14.3. The third-order valence-electron chi connectivity index (χ3n) is 3.93. The zero-order valence-corrected chi connectivity index (χ0v) is 13.1. The van der Waals surface area contributed by atoms with E-state index in [1.165, 1.54) is 25.9 Å². The number of nitrogens with one attached hydrogen (secondary N) is 1. The minimum Gasteiger partial charge on any atom is -0.486 e. The van der Waals surface area contributed by atoms with Gasteiger partial charge in [0.1, 0.15) is 12.4 Å². The van der Waals surface area contributed by atoms with Crippen LogP contribution in [0, 0.1) is 4.77 Å². The van der Waals surface area contributed by atoms with Crippen LogP contribution in [0.4, 0.5) is 0 Å². The average Bonchev–Trinajstić information content (AvgIpc) is 3.11. The Kier molecular flexibility index (Phi) is 4.36. The Morgan fingerprint density at radius 3 is 2.67 bits per heavy atom. The molecule has 1 aliphatic rings. The Labute approximate surface area is 129 Å². The van der Waals surface area contributed by atoms with Crippen LogP contribution in [0.2, 0.25) is 0 Å². The van der Waals surface area contributed by atoms with Crippen LogP contribution in [0.25, 0.3) is 0 Å². The highest BCUT2D eigenvalue weighted by atomic mass is 32.1. The van der Waals surface area contributed by atoms with E-state index in [-0.39, 0.29) is 0 Å². The molecule has 1 N–H and O–H groups in total. The van der Waals surface area contributed by atoms with Gasteiger partial charge in [-0.05, 0) is 24.4 Å². The third kappa shape index (κ3) is 3.33. The lowest BCUT2D eigenvalue weighted by molar-refractivity contribution is -0.911. The maximum absolute atomic E-state index is 5.76. The molecular formula is C15H21N4OS+. The van der Waals surface area contributed by atoms with Gasteiger partial charge in [0.2, 0.25) is 4.77 Å². The number of benzene rings is 1. The fraction of sp³-hybridized carbons (Fsp3) is 0.467. The van der Waals surface area contributed by atoms with Crippen LogP contribution in [0.15, 0.2) is 30.3 Å². The molecule has 2 heterocycles. The van der Waals surface area contributed by atoms with Crippen molar-refractivity contribution in [1.29, 1.82) is 0 Å². The first-order chi connectivity index (χ1) is 10.2. The molecule has 0 atom stereocenters. The van der Waals surface area contributed by atoms with E-state index in [0.29, 0.717) is 6.61 Å². The van der Waals surface area contributed by atoms with Gasteiger partial charge < -0.3 is 14.2 Å². The summed E-state index contributed by atoms with van der Waals surface area (Å²) in [5, 5.41) is 4.62. The van der Waals surface area contributed by atoms with Crippen LogP contribution in [0.5, 0.6) is 5.75 Å². The van der Waals surface area contributed by atoms with Gasteiger partial charge in [-0.3, -0.25) is 0 Å². The maximum Gasteiger partial charge on any atom is 0.202 e. The standard InChI is InChI=1S/C15H20N4OS/c1-17-14(11-20-13-7-3-2-4-8-13)16-19(15(17)21)12-18-9-5-6-10-18/h2-4,7-8H,5-6,9-12H2,1H3/p+1. The number of hydrogen-bond donors (Lipinski definition) is 1. The molecule has 1 saturated heterocycles. The molecule has 0 saturated carbocycles. The van der Waals surface area contributed by atoms with Crippen molar-refractivity contribution in [3.05, 3.63) is 40.9 Å². The van der Waals surface area contributed by atoms with Gasteiger partial charge in [-0.2, -0.15) is 4.68 Å². The van der Waals surface area contributed by atoms with Gasteiger partial charge in [0.05, 0.1) is 13.1 Å². The minimum atomic E-state index is 0.437. The molecule has 5 nitrogen and oxygen atoms in total. The molecule has 1 aromatic carbocycles. The van der Waals surface area contributed by atoms with E-state index in [0.717, 1.165) is 23.0 Å². The molecule has 21 heavy (non-hydrogen) atoms. The Balaban J connectivity index is 1.69. The van der Waals surface area contributed by atoms with E-state index < -0.39 is 0 Å². The normalized spacial score (nSPS) is 15.5. The molecule has 0 aliphatic carbocycles. The number of quaternary nitrogens is 1. The number of aromatic nitrogens is 3. The number of rotatable bonds is 5. The van der Waals surface area contributed by atoms with Crippen LogP contribution >= 0.6 is 12.2 Å². The fourth-order valence-corrected chi connectivity index (χ4v) is 2.88. The lowest BCUT2D eigenvalue weighted by Gasteiger charge is -2.10. The summed E-state index contributed by atoms with van der Waals surface area (Å²) in [6.07, 6.45) is 2.61. The van der Waals surface area contributed by atoms with E-state index in [2.05, 4.69) is 5.10 Å². The smallest absolute Gasteiger partial charge is 0.202 e. The fourth-order valence-electron chi connectivity index (χ4n) is 2.67. The van der Waals surface area contributed by atoms with Gasteiger partial charge >= 0.3 is 0 Å². The van der Waals surface area contributed by atoms with Crippen molar-refractivity contribution in [2.75, 3.05) is 13.1 Å². The average molecular weight is 305 g/mol. The van der Waals surface area contributed by atoms with Crippen molar-refractivity contribution in [1.82, 2.24) is 14.3 Å². The maximum atomic E-state index is 5.76. The molecule has 2 aromatic rings. The Morgan fingerprint density at radius 1 is 1.24 bits per heavy atom. The second-order valence-corrected chi connectivity index (χ2v) is 5.84. The summed E-state index contributed by atoms with van der Waals surface area (Å²) in [6, 6.07) is 9.79. The summed E-state index contributed by atoms with van der Waals surface area (Å²) in [5.74, 6) is 1.71. The second kappa shape index (κ2) is 6.41. The summed E-state index contributed by atoms with van der Waals surface area (Å²) in [4.78, 5) is 1.56. The number of hydrogen-bond acceptors (Lipinski definition) is 3. The summed E-state index contributed by atoms with van der Waals surface area (Å²) in [5.41, 5.74) is 0. The van der Waals surface area contributed by atoms with Gasteiger partial charge in [-0.15, -0.1) is 5.10 Å². The van der Waals surface area contributed by atoms with Crippen LogP contribution in [0.3, 0.4) is 0 Å². The highest BCUT2D eigenvalue weighted by Crippen LogP contribution is 2.10. The molecule has 1 aromatic heterocycles. The van der Waals surface area contributed by atoms with Gasteiger partial charge in [-0.25, -0.2) is 0 Å². The van der Waals surface area contributed by atoms with E-state index in [1.54, 1.807) is 4.90 Å². The number of para-hydroxylation sites is 1. The van der Waals surface area contributed by atoms with Crippen molar-refractivity contribution in [3.63, 3.8) is 0 Å². The quantitative estimate of drug-likeness (QED) is 0.843. The van der Waals surface area contributed by atoms with Crippen molar-refractivity contribution >= 4 is 12.2 Å². The Bertz CT molecular complexity index is 643. The summed E-state index contributed by atoms with van der Waals surface area (Å²) < 4.78 is 10.4. The van der Waals surface area contributed by atoms with Gasteiger partial charge in [0.25, 0.3) is 0 Å². The monoisotopic (exact) mass is 305 g/mol. The minimum absolute atomic E-state index is 0.437. The topological polar surface area (TPSA) is 36.4 Å². The van der Waals surface area contributed by atoms with Gasteiger partial charge in [0, 0.05) is 19.9 Å². The number of ether oxygens (including phenoxy) is 1. The molecule has 0 radical (unpaired) electrons. The summed E-state index contributed by atoms with van der Waals surface area (Å²) >= 11 is 5.47. The first-order valence-electron chi connectivity index (χ1n) is 7.38. The second-order valence-electron chi connectivity index (χ2n) is 5.47. The number of likely N-dealkylation sites (tertiary alicyclic amines) is 1. The Morgan fingerprint density at radius 2 is 1.95 bits per heavy atom. The zero-order chi connectivity index (χ0) is 14.7.